The average molecular weight is 503 g/mol. The van der Waals surface area contributed by atoms with Crippen molar-refractivity contribution >= 4 is 34.5 Å². The van der Waals surface area contributed by atoms with E-state index in [1.807, 2.05) is 36.1 Å². The Balaban J connectivity index is 1.48. The van der Waals surface area contributed by atoms with Crippen LogP contribution in [0, 0.1) is 0 Å². The first-order chi connectivity index (χ1) is 16.6. The highest BCUT2D eigenvalue weighted by Crippen LogP contribution is 2.28. The molecule has 0 radical (unpaired) electrons. The second kappa shape index (κ2) is 9.87. The number of carbonyl (C=O) groups excluding carboxylic acids is 1. The normalized spacial score (nSPS) is 11.5. The van der Waals surface area contributed by atoms with Crippen molar-refractivity contribution in [2.75, 3.05) is 11.9 Å². The van der Waals surface area contributed by atoms with Crippen LogP contribution in [0.5, 0.6) is 5.75 Å². The molecule has 0 aliphatic carbocycles. The van der Waals surface area contributed by atoms with Gasteiger partial charge in [-0.05, 0) is 60.5 Å². The van der Waals surface area contributed by atoms with Gasteiger partial charge in [0.2, 0.25) is 0 Å². The number of carbonyl (C=O) groups is 1. The first-order valence-electron chi connectivity index (χ1n) is 10.8. The van der Waals surface area contributed by atoms with Crippen LogP contribution < -0.4 is 15.0 Å². The molecule has 10 heteroatoms. The highest BCUT2D eigenvalue weighted by Gasteiger charge is 2.31. The van der Waals surface area contributed by atoms with Gasteiger partial charge in [0, 0.05) is 31.2 Å². The van der Waals surface area contributed by atoms with Gasteiger partial charge in [0.15, 0.2) is 0 Å². The number of benzene rings is 2. The second-order valence-electron chi connectivity index (χ2n) is 7.79. The number of halogens is 4. The van der Waals surface area contributed by atoms with Crippen molar-refractivity contribution in [3.05, 3.63) is 88.8 Å². The molecule has 0 fully saturated rings. The number of aryl methyl sites for hydroxylation is 1. The number of hydrogen-bond donors (Lipinski definition) is 1. The summed E-state index contributed by atoms with van der Waals surface area (Å²) in [6.07, 6.45) is -2.48. The summed E-state index contributed by atoms with van der Waals surface area (Å²) >= 11 is 6.11. The van der Waals surface area contributed by atoms with Gasteiger partial charge in [-0.25, -0.2) is 4.98 Å². The molecule has 0 unspecified atom stereocenters. The number of hydrogen-bond acceptors (Lipinski definition) is 4. The highest BCUT2D eigenvalue weighted by molar-refractivity contribution is 6.30. The first-order valence-corrected chi connectivity index (χ1v) is 11.2. The van der Waals surface area contributed by atoms with E-state index in [-0.39, 0.29) is 18.2 Å². The number of aromatic nitrogens is 2. The lowest BCUT2D eigenvalue weighted by Gasteiger charge is -2.21. The minimum Gasteiger partial charge on any atom is -0.406 e. The molecule has 0 aliphatic rings. The van der Waals surface area contributed by atoms with Gasteiger partial charge in [-0.1, -0.05) is 30.7 Å². The zero-order chi connectivity index (χ0) is 25.2. The summed E-state index contributed by atoms with van der Waals surface area (Å²) in [4.78, 5) is 19.4. The van der Waals surface area contributed by atoms with Crippen LogP contribution in [0.4, 0.5) is 24.5 Å². The van der Waals surface area contributed by atoms with Crippen LogP contribution in [0.2, 0.25) is 5.02 Å². The van der Waals surface area contributed by atoms with Gasteiger partial charge in [-0.3, -0.25) is 9.20 Å². The fourth-order valence-corrected chi connectivity index (χ4v) is 3.88. The lowest BCUT2D eigenvalue weighted by atomic mass is 10.1. The van der Waals surface area contributed by atoms with E-state index in [1.54, 1.807) is 29.8 Å². The van der Waals surface area contributed by atoms with Gasteiger partial charge >= 0.3 is 6.36 Å². The van der Waals surface area contributed by atoms with Crippen LogP contribution in [0.3, 0.4) is 0 Å². The number of anilines is 2. The number of imidazole rings is 1. The van der Waals surface area contributed by atoms with Crippen molar-refractivity contribution in [3.63, 3.8) is 0 Å². The van der Waals surface area contributed by atoms with Gasteiger partial charge in [-0.15, -0.1) is 13.2 Å². The smallest absolute Gasteiger partial charge is 0.406 e. The summed E-state index contributed by atoms with van der Waals surface area (Å²) in [5.74, 6) is -0.554. The minimum atomic E-state index is -4.74. The van der Waals surface area contributed by atoms with Crippen molar-refractivity contribution in [2.45, 2.75) is 26.3 Å². The third-order valence-corrected chi connectivity index (χ3v) is 5.64. The number of fused-ring (bicyclic) bond motifs is 1. The van der Waals surface area contributed by atoms with Gasteiger partial charge in [0.05, 0.1) is 10.7 Å². The maximum Gasteiger partial charge on any atom is 0.573 e. The Kier molecular flexibility index (Phi) is 6.88. The number of pyridine rings is 1. The Morgan fingerprint density at radius 1 is 1.11 bits per heavy atom. The molecule has 2 aromatic carbocycles. The van der Waals surface area contributed by atoms with E-state index in [1.165, 1.54) is 24.3 Å². The summed E-state index contributed by atoms with van der Waals surface area (Å²) in [6.45, 7) is 2.21. The molecule has 0 spiro atoms. The van der Waals surface area contributed by atoms with E-state index in [2.05, 4.69) is 15.0 Å². The van der Waals surface area contributed by atoms with Crippen molar-refractivity contribution in [1.29, 1.82) is 0 Å². The van der Waals surface area contributed by atoms with E-state index in [9.17, 15) is 18.0 Å². The molecule has 0 saturated heterocycles. The van der Waals surface area contributed by atoms with E-state index in [4.69, 9.17) is 11.6 Å². The number of rotatable bonds is 7. The number of ether oxygens (including phenoxy) is 1. The molecule has 0 atom stereocenters. The number of nitrogens with one attached hydrogen (secondary N) is 1. The molecular weight excluding hydrogens is 481 g/mol. The Morgan fingerprint density at radius 3 is 2.54 bits per heavy atom. The van der Waals surface area contributed by atoms with Gasteiger partial charge in [-0.2, -0.15) is 0 Å². The van der Waals surface area contributed by atoms with Crippen molar-refractivity contribution < 1.29 is 22.7 Å². The SMILES string of the molecule is CCc1nc2ccc(Cl)cn2c1C(=O)NCc1cccc(N(C)c2ccc(OC(F)(F)F)cc2)c1. The average Bonchev–Trinajstić information content (AvgIpc) is 3.19. The van der Waals surface area contributed by atoms with Crippen molar-refractivity contribution in [3.8, 4) is 5.75 Å². The number of alkyl halides is 3. The Morgan fingerprint density at radius 2 is 1.86 bits per heavy atom. The molecule has 2 aromatic heterocycles. The Hall–Kier alpha value is -3.72. The Bertz CT molecular complexity index is 1350. The molecular formula is C25H22ClF3N4O2. The molecule has 1 N–H and O–H groups in total. The topological polar surface area (TPSA) is 58.9 Å². The predicted octanol–water partition coefficient (Wildman–Crippen LogP) is 6.15. The van der Waals surface area contributed by atoms with Crippen LogP contribution in [-0.4, -0.2) is 28.7 Å². The fraction of sp³-hybridized carbons (Fsp3) is 0.200. The molecule has 4 rings (SSSR count). The summed E-state index contributed by atoms with van der Waals surface area (Å²) < 4.78 is 42.8. The molecule has 6 nitrogen and oxygen atoms in total. The van der Waals surface area contributed by atoms with Crippen LogP contribution in [-0.2, 0) is 13.0 Å². The number of amides is 1. The molecule has 2 heterocycles. The molecule has 35 heavy (non-hydrogen) atoms. The largest absolute Gasteiger partial charge is 0.573 e. The van der Waals surface area contributed by atoms with Crippen LogP contribution >= 0.6 is 11.6 Å². The quantitative estimate of drug-likeness (QED) is 0.329. The first kappa shape index (κ1) is 24.4. The van der Waals surface area contributed by atoms with Gasteiger partial charge in [0.25, 0.3) is 5.91 Å². The fourth-order valence-electron chi connectivity index (χ4n) is 3.72. The summed E-state index contributed by atoms with van der Waals surface area (Å²) in [5, 5.41) is 3.44. The summed E-state index contributed by atoms with van der Waals surface area (Å²) in [7, 11) is 1.80. The lowest BCUT2D eigenvalue weighted by Crippen LogP contribution is -2.25. The van der Waals surface area contributed by atoms with Gasteiger partial charge < -0.3 is 15.0 Å². The van der Waals surface area contributed by atoms with Crippen LogP contribution in [0.25, 0.3) is 5.65 Å². The summed E-state index contributed by atoms with van der Waals surface area (Å²) in [5.41, 5.74) is 4.10. The third kappa shape index (κ3) is 5.68. The van der Waals surface area contributed by atoms with E-state index >= 15 is 0 Å². The monoisotopic (exact) mass is 502 g/mol. The molecule has 4 aromatic rings. The van der Waals surface area contributed by atoms with Crippen LogP contribution in [0.15, 0.2) is 66.9 Å². The molecule has 182 valence electrons. The molecule has 1 amide bonds. The van der Waals surface area contributed by atoms with Gasteiger partial charge in [0.1, 0.15) is 17.1 Å². The zero-order valence-electron chi connectivity index (χ0n) is 18.9. The van der Waals surface area contributed by atoms with E-state index < -0.39 is 6.36 Å². The summed E-state index contributed by atoms with van der Waals surface area (Å²) in [6, 6.07) is 16.6. The van der Waals surface area contributed by atoms with E-state index in [0.717, 1.165) is 11.3 Å². The third-order valence-electron chi connectivity index (χ3n) is 5.41. The van der Waals surface area contributed by atoms with Crippen molar-refractivity contribution in [1.82, 2.24) is 14.7 Å². The zero-order valence-corrected chi connectivity index (χ0v) is 19.7. The molecule has 0 saturated carbocycles. The maximum atomic E-state index is 13.0. The molecule has 0 bridgehead atoms. The van der Waals surface area contributed by atoms with Crippen LogP contribution in [0.1, 0.15) is 28.7 Å². The lowest BCUT2D eigenvalue weighted by molar-refractivity contribution is -0.274. The standard InChI is InChI=1S/C25H22ClF3N4O2/c1-3-21-23(33-15-17(26)7-12-22(33)31-21)24(34)30-14-16-5-4-6-19(13-16)32(2)18-8-10-20(11-9-18)35-25(27,28)29/h4-13,15H,3,14H2,1-2H3,(H,30,34). The van der Waals surface area contributed by atoms with E-state index in [0.29, 0.717) is 34.2 Å². The number of nitrogens with zero attached hydrogens (tertiary/aromatic N) is 3. The predicted molar refractivity (Wildman–Crippen MR) is 128 cm³/mol. The molecule has 0 aliphatic heterocycles. The maximum absolute atomic E-state index is 13.0. The highest BCUT2D eigenvalue weighted by atomic mass is 35.5. The Labute approximate surface area is 204 Å². The van der Waals surface area contributed by atoms with Crippen molar-refractivity contribution in [2.24, 2.45) is 0 Å². The minimum absolute atomic E-state index is 0.268. The second-order valence-corrected chi connectivity index (χ2v) is 8.23.